The number of amides is 1. The van der Waals surface area contributed by atoms with Crippen LogP contribution in [0.4, 0.5) is 0 Å². The van der Waals surface area contributed by atoms with Crippen molar-refractivity contribution in [2.24, 2.45) is 0 Å². The zero-order valence-corrected chi connectivity index (χ0v) is 15.0. The van der Waals surface area contributed by atoms with Gasteiger partial charge in [-0.1, -0.05) is 13.8 Å². The third-order valence-electron chi connectivity index (χ3n) is 4.83. The van der Waals surface area contributed by atoms with Crippen molar-refractivity contribution in [2.45, 2.75) is 38.8 Å². The quantitative estimate of drug-likeness (QED) is 0.779. The van der Waals surface area contributed by atoms with E-state index < -0.39 is 9.84 Å². The van der Waals surface area contributed by atoms with Crippen LogP contribution in [0.2, 0.25) is 0 Å². The summed E-state index contributed by atoms with van der Waals surface area (Å²) in [6.07, 6.45) is 4.78. The fraction of sp³-hybridized carbons (Fsp3) is 0.688. The van der Waals surface area contributed by atoms with Crippen molar-refractivity contribution in [1.82, 2.24) is 19.8 Å². The molecule has 3 rings (SSSR count). The summed E-state index contributed by atoms with van der Waals surface area (Å²) in [6, 6.07) is -0.364. The number of hydrogen-bond acceptors (Lipinski definition) is 6. The summed E-state index contributed by atoms with van der Waals surface area (Å²) in [6.45, 7) is 6.17. The molecule has 2 fully saturated rings. The van der Waals surface area contributed by atoms with Crippen molar-refractivity contribution in [3.8, 4) is 0 Å². The molecule has 2 aliphatic heterocycles. The van der Waals surface area contributed by atoms with E-state index in [4.69, 9.17) is 0 Å². The normalized spacial score (nSPS) is 26.3. The number of sulfone groups is 1. The molecule has 2 unspecified atom stereocenters. The van der Waals surface area contributed by atoms with Gasteiger partial charge in [-0.2, -0.15) is 0 Å². The number of carbonyl (C=O) groups excluding carboxylic acids is 1. The minimum absolute atomic E-state index is 0.0531. The molecule has 0 saturated carbocycles. The SMILES string of the molecule is CCCN1CCN(C(=O)c2cnc(CC)nc2)C2CS(=O)(=O)CC21. The lowest BCUT2D eigenvalue weighted by atomic mass is 10.0. The number of rotatable bonds is 4. The fourth-order valence-electron chi connectivity index (χ4n) is 3.66. The molecule has 1 aromatic heterocycles. The largest absolute Gasteiger partial charge is 0.332 e. The Hall–Kier alpha value is -1.54. The number of fused-ring (bicyclic) bond motifs is 1. The Bertz CT molecular complexity index is 705. The Labute approximate surface area is 143 Å². The summed E-state index contributed by atoms with van der Waals surface area (Å²) < 4.78 is 24.3. The first-order chi connectivity index (χ1) is 11.4. The molecule has 3 heterocycles. The molecule has 1 aromatic rings. The minimum Gasteiger partial charge on any atom is -0.332 e. The molecule has 2 saturated heterocycles. The van der Waals surface area contributed by atoms with Crippen molar-refractivity contribution in [3.05, 3.63) is 23.8 Å². The van der Waals surface area contributed by atoms with Gasteiger partial charge in [-0.05, 0) is 13.0 Å². The van der Waals surface area contributed by atoms with E-state index in [2.05, 4.69) is 21.8 Å². The molecule has 2 atom stereocenters. The Morgan fingerprint density at radius 1 is 1.17 bits per heavy atom. The maximum Gasteiger partial charge on any atom is 0.257 e. The zero-order valence-electron chi connectivity index (χ0n) is 14.2. The number of carbonyl (C=O) groups is 1. The van der Waals surface area contributed by atoms with Gasteiger partial charge in [0.25, 0.3) is 5.91 Å². The van der Waals surface area contributed by atoms with E-state index in [-0.39, 0.29) is 29.5 Å². The molecule has 1 amide bonds. The third kappa shape index (κ3) is 3.30. The Balaban J connectivity index is 1.83. The zero-order chi connectivity index (χ0) is 17.3. The van der Waals surface area contributed by atoms with Crippen LogP contribution in [0.5, 0.6) is 0 Å². The standard InChI is InChI=1S/C16H24N4O3S/c1-3-5-19-6-7-20(14-11-24(22,23)10-13(14)19)16(21)12-8-17-15(4-2)18-9-12/h8-9,13-14H,3-7,10-11H2,1-2H3. The number of nitrogens with zero attached hydrogens (tertiary/aromatic N) is 4. The smallest absolute Gasteiger partial charge is 0.257 e. The Morgan fingerprint density at radius 2 is 1.83 bits per heavy atom. The van der Waals surface area contributed by atoms with Gasteiger partial charge >= 0.3 is 0 Å². The summed E-state index contributed by atoms with van der Waals surface area (Å²) >= 11 is 0. The van der Waals surface area contributed by atoms with E-state index in [1.807, 2.05) is 6.92 Å². The first kappa shape index (κ1) is 17.3. The van der Waals surface area contributed by atoms with Gasteiger partial charge in [0.05, 0.1) is 23.1 Å². The third-order valence-corrected chi connectivity index (χ3v) is 6.53. The van der Waals surface area contributed by atoms with Crippen molar-refractivity contribution < 1.29 is 13.2 Å². The highest BCUT2D eigenvalue weighted by Crippen LogP contribution is 2.28. The second-order valence-electron chi connectivity index (χ2n) is 6.49. The molecule has 0 radical (unpaired) electrons. The molecule has 0 N–H and O–H groups in total. The molecular weight excluding hydrogens is 328 g/mol. The molecule has 0 spiro atoms. The first-order valence-corrected chi connectivity index (χ1v) is 10.3. The second-order valence-corrected chi connectivity index (χ2v) is 8.64. The van der Waals surface area contributed by atoms with Crippen LogP contribution < -0.4 is 0 Å². The average Bonchev–Trinajstić information content (AvgIpc) is 2.90. The van der Waals surface area contributed by atoms with Crippen LogP contribution in [0.3, 0.4) is 0 Å². The van der Waals surface area contributed by atoms with Gasteiger partial charge in [0.15, 0.2) is 9.84 Å². The molecular formula is C16H24N4O3S. The van der Waals surface area contributed by atoms with Gasteiger partial charge < -0.3 is 4.90 Å². The van der Waals surface area contributed by atoms with Crippen LogP contribution in [0.25, 0.3) is 0 Å². The van der Waals surface area contributed by atoms with Gasteiger partial charge in [-0.25, -0.2) is 18.4 Å². The lowest BCUT2D eigenvalue weighted by Crippen LogP contribution is -2.60. The molecule has 0 aromatic carbocycles. The van der Waals surface area contributed by atoms with Crippen molar-refractivity contribution >= 4 is 15.7 Å². The maximum atomic E-state index is 12.9. The summed E-state index contributed by atoms with van der Waals surface area (Å²) in [7, 11) is -3.11. The predicted octanol–water partition coefficient (Wildman–Crippen LogP) is 0.372. The topological polar surface area (TPSA) is 83.5 Å². The summed E-state index contributed by atoms with van der Waals surface area (Å²) in [5.74, 6) is 0.728. The molecule has 0 aliphatic carbocycles. The average molecular weight is 352 g/mol. The fourth-order valence-corrected chi connectivity index (χ4v) is 5.67. The van der Waals surface area contributed by atoms with Gasteiger partial charge in [-0.3, -0.25) is 9.69 Å². The molecule has 8 heteroatoms. The highest BCUT2D eigenvalue weighted by molar-refractivity contribution is 7.91. The van der Waals surface area contributed by atoms with Crippen molar-refractivity contribution in [2.75, 3.05) is 31.1 Å². The van der Waals surface area contributed by atoms with Gasteiger partial charge in [0.2, 0.25) is 0 Å². The van der Waals surface area contributed by atoms with Crippen LogP contribution in [-0.4, -0.2) is 77.3 Å². The monoisotopic (exact) mass is 352 g/mol. The maximum absolute atomic E-state index is 12.9. The molecule has 132 valence electrons. The molecule has 0 bridgehead atoms. The van der Waals surface area contributed by atoms with E-state index in [9.17, 15) is 13.2 Å². The highest BCUT2D eigenvalue weighted by Gasteiger charge is 2.47. The van der Waals surface area contributed by atoms with E-state index >= 15 is 0 Å². The highest BCUT2D eigenvalue weighted by atomic mass is 32.2. The van der Waals surface area contributed by atoms with Crippen LogP contribution in [0.1, 0.15) is 36.5 Å². The number of aryl methyl sites for hydroxylation is 1. The van der Waals surface area contributed by atoms with Crippen LogP contribution >= 0.6 is 0 Å². The Kier molecular flexibility index (Phi) is 4.87. The lowest BCUT2D eigenvalue weighted by Gasteiger charge is -2.43. The minimum atomic E-state index is -3.11. The van der Waals surface area contributed by atoms with E-state index in [0.717, 1.165) is 13.0 Å². The van der Waals surface area contributed by atoms with E-state index in [1.165, 1.54) is 0 Å². The molecule has 2 aliphatic rings. The van der Waals surface area contributed by atoms with Crippen molar-refractivity contribution in [1.29, 1.82) is 0 Å². The second kappa shape index (κ2) is 6.76. The van der Waals surface area contributed by atoms with Crippen LogP contribution in [0, 0.1) is 0 Å². The van der Waals surface area contributed by atoms with E-state index in [1.54, 1.807) is 17.3 Å². The van der Waals surface area contributed by atoms with Gasteiger partial charge in [0, 0.05) is 37.9 Å². The van der Waals surface area contributed by atoms with E-state index in [0.29, 0.717) is 30.9 Å². The van der Waals surface area contributed by atoms with Crippen LogP contribution in [0.15, 0.2) is 12.4 Å². The number of aromatic nitrogens is 2. The molecule has 7 nitrogen and oxygen atoms in total. The first-order valence-electron chi connectivity index (χ1n) is 8.51. The summed E-state index contributed by atoms with van der Waals surface area (Å²) in [4.78, 5) is 25.2. The number of piperazine rings is 1. The van der Waals surface area contributed by atoms with Crippen molar-refractivity contribution in [3.63, 3.8) is 0 Å². The number of hydrogen-bond donors (Lipinski definition) is 0. The van der Waals surface area contributed by atoms with Crippen LogP contribution in [-0.2, 0) is 16.3 Å². The lowest BCUT2D eigenvalue weighted by molar-refractivity contribution is 0.0332. The van der Waals surface area contributed by atoms with Gasteiger partial charge in [-0.15, -0.1) is 0 Å². The van der Waals surface area contributed by atoms with Gasteiger partial charge in [0.1, 0.15) is 5.82 Å². The summed E-state index contributed by atoms with van der Waals surface area (Å²) in [5, 5.41) is 0. The Morgan fingerprint density at radius 3 is 2.46 bits per heavy atom. The summed E-state index contributed by atoms with van der Waals surface area (Å²) in [5.41, 5.74) is 0.430. The molecule has 24 heavy (non-hydrogen) atoms. The predicted molar refractivity (Wildman–Crippen MR) is 90.5 cm³/mol.